The number of hydrogen-bond acceptors (Lipinski definition) is 3. The Bertz CT molecular complexity index is 558. The number of carboxylic acid groups (broad SMARTS) is 1. The Morgan fingerprint density at radius 1 is 1.33 bits per heavy atom. The first-order valence-electron chi connectivity index (χ1n) is 5.59. The highest BCUT2D eigenvalue weighted by molar-refractivity contribution is 5.87. The standard InChI is InChI=1S/C13H14N2O3/c1-15-12(8-11(14-15)13(17)18)10-4-2-9(3-5-10)6-7-16/h2-5,8,16H,6-7H2,1H3,(H,17,18). The number of hydrogen-bond donors (Lipinski definition) is 2. The molecule has 1 heterocycles. The molecule has 0 spiro atoms. The van der Waals surface area contributed by atoms with E-state index in [1.54, 1.807) is 17.8 Å². The molecular weight excluding hydrogens is 232 g/mol. The monoisotopic (exact) mass is 246 g/mol. The molecule has 0 amide bonds. The van der Waals surface area contributed by atoms with Crippen LogP contribution in [-0.2, 0) is 13.5 Å². The molecule has 0 aliphatic heterocycles. The van der Waals surface area contributed by atoms with Crippen molar-refractivity contribution in [3.8, 4) is 11.3 Å². The SMILES string of the molecule is Cn1nc(C(=O)O)cc1-c1ccc(CCO)cc1. The maximum Gasteiger partial charge on any atom is 0.356 e. The third-order valence-electron chi connectivity index (χ3n) is 2.75. The van der Waals surface area contributed by atoms with Gasteiger partial charge in [-0.3, -0.25) is 4.68 Å². The first kappa shape index (κ1) is 12.3. The molecule has 0 saturated heterocycles. The molecule has 1 aromatic carbocycles. The van der Waals surface area contributed by atoms with Gasteiger partial charge in [0, 0.05) is 13.7 Å². The summed E-state index contributed by atoms with van der Waals surface area (Å²) < 4.78 is 1.55. The lowest BCUT2D eigenvalue weighted by molar-refractivity contribution is 0.0689. The smallest absolute Gasteiger partial charge is 0.356 e. The van der Waals surface area contributed by atoms with Crippen molar-refractivity contribution < 1.29 is 15.0 Å². The second-order valence-corrected chi connectivity index (χ2v) is 4.01. The zero-order valence-electron chi connectivity index (χ0n) is 10.00. The van der Waals surface area contributed by atoms with Crippen molar-refractivity contribution in [3.63, 3.8) is 0 Å². The molecule has 2 aromatic rings. The van der Waals surface area contributed by atoms with Crippen molar-refractivity contribution in [2.45, 2.75) is 6.42 Å². The molecule has 0 bridgehead atoms. The van der Waals surface area contributed by atoms with Gasteiger partial charge in [-0.1, -0.05) is 24.3 Å². The van der Waals surface area contributed by atoms with Gasteiger partial charge in [0.25, 0.3) is 0 Å². The van der Waals surface area contributed by atoms with Gasteiger partial charge in [-0.2, -0.15) is 5.10 Å². The molecule has 0 aliphatic carbocycles. The normalized spacial score (nSPS) is 10.6. The number of benzene rings is 1. The summed E-state index contributed by atoms with van der Waals surface area (Å²) in [5, 5.41) is 21.6. The lowest BCUT2D eigenvalue weighted by atomic mass is 10.1. The Labute approximate surface area is 104 Å². The minimum atomic E-state index is -1.03. The molecule has 5 heteroatoms. The third kappa shape index (κ3) is 2.41. The van der Waals surface area contributed by atoms with Crippen molar-refractivity contribution in [2.75, 3.05) is 6.61 Å². The summed E-state index contributed by atoms with van der Waals surface area (Å²) in [6, 6.07) is 9.17. The summed E-state index contributed by atoms with van der Waals surface area (Å²) in [6.45, 7) is 0.119. The molecule has 94 valence electrons. The average Bonchev–Trinajstić information content (AvgIpc) is 2.73. The van der Waals surface area contributed by atoms with Crippen LogP contribution in [-0.4, -0.2) is 32.6 Å². The Balaban J connectivity index is 2.33. The maximum absolute atomic E-state index is 10.8. The maximum atomic E-state index is 10.8. The number of carboxylic acids is 1. The van der Waals surface area contributed by atoms with E-state index in [1.165, 1.54) is 0 Å². The van der Waals surface area contributed by atoms with E-state index < -0.39 is 5.97 Å². The summed E-state index contributed by atoms with van der Waals surface area (Å²) in [6.07, 6.45) is 0.617. The Morgan fingerprint density at radius 3 is 2.50 bits per heavy atom. The number of rotatable bonds is 4. The van der Waals surface area contributed by atoms with Crippen LogP contribution in [0.3, 0.4) is 0 Å². The fourth-order valence-corrected chi connectivity index (χ4v) is 1.81. The molecular formula is C13H14N2O3. The van der Waals surface area contributed by atoms with Crippen molar-refractivity contribution in [1.29, 1.82) is 0 Å². The number of aliphatic hydroxyl groups is 1. The topological polar surface area (TPSA) is 75.4 Å². The molecule has 0 fully saturated rings. The lowest BCUT2D eigenvalue weighted by Crippen LogP contribution is -1.99. The molecule has 0 saturated carbocycles. The van der Waals surface area contributed by atoms with Gasteiger partial charge in [0.05, 0.1) is 5.69 Å². The fourth-order valence-electron chi connectivity index (χ4n) is 1.81. The first-order valence-corrected chi connectivity index (χ1v) is 5.59. The molecule has 18 heavy (non-hydrogen) atoms. The zero-order chi connectivity index (χ0) is 13.1. The highest BCUT2D eigenvalue weighted by Crippen LogP contribution is 2.20. The molecule has 2 rings (SSSR count). The van der Waals surface area contributed by atoms with E-state index in [2.05, 4.69) is 5.10 Å². The van der Waals surface area contributed by atoms with Crippen LogP contribution in [0.4, 0.5) is 0 Å². The van der Waals surface area contributed by atoms with Gasteiger partial charge < -0.3 is 10.2 Å². The van der Waals surface area contributed by atoms with Crippen molar-refractivity contribution in [3.05, 3.63) is 41.6 Å². The zero-order valence-corrected chi connectivity index (χ0v) is 10.00. The van der Waals surface area contributed by atoms with Gasteiger partial charge in [-0.05, 0) is 23.6 Å². The van der Waals surface area contributed by atoms with Gasteiger partial charge in [0.15, 0.2) is 5.69 Å². The second kappa shape index (κ2) is 5.01. The lowest BCUT2D eigenvalue weighted by Gasteiger charge is -2.03. The van der Waals surface area contributed by atoms with Gasteiger partial charge in [-0.15, -0.1) is 0 Å². The van der Waals surface area contributed by atoms with Crippen molar-refractivity contribution in [2.24, 2.45) is 7.05 Å². The number of aromatic nitrogens is 2. The summed E-state index contributed by atoms with van der Waals surface area (Å²) in [5.41, 5.74) is 2.73. The largest absolute Gasteiger partial charge is 0.476 e. The van der Waals surface area contributed by atoms with Crippen LogP contribution in [0.25, 0.3) is 11.3 Å². The average molecular weight is 246 g/mol. The molecule has 0 atom stereocenters. The van der Waals surface area contributed by atoms with E-state index in [1.807, 2.05) is 24.3 Å². The van der Waals surface area contributed by atoms with Crippen LogP contribution in [0, 0.1) is 0 Å². The van der Waals surface area contributed by atoms with Crippen LogP contribution >= 0.6 is 0 Å². The molecule has 0 aliphatic rings. The van der Waals surface area contributed by atoms with Crippen LogP contribution in [0.1, 0.15) is 16.1 Å². The first-order chi connectivity index (χ1) is 8.61. The van der Waals surface area contributed by atoms with Gasteiger partial charge in [-0.25, -0.2) is 4.79 Å². The molecule has 0 radical (unpaired) electrons. The Morgan fingerprint density at radius 2 is 2.00 bits per heavy atom. The predicted molar refractivity (Wildman–Crippen MR) is 66.4 cm³/mol. The predicted octanol–water partition coefficient (Wildman–Crippen LogP) is 1.32. The summed E-state index contributed by atoms with van der Waals surface area (Å²) in [5.74, 6) is -1.03. The number of nitrogens with zero attached hydrogens (tertiary/aromatic N) is 2. The molecule has 0 unspecified atom stereocenters. The van der Waals surface area contributed by atoms with E-state index >= 15 is 0 Å². The van der Waals surface area contributed by atoms with E-state index in [0.29, 0.717) is 6.42 Å². The van der Waals surface area contributed by atoms with E-state index in [0.717, 1.165) is 16.8 Å². The highest BCUT2D eigenvalue weighted by Gasteiger charge is 2.12. The summed E-state index contributed by atoms with van der Waals surface area (Å²) in [4.78, 5) is 10.8. The Kier molecular flexibility index (Phi) is 3.43. The summed E-state index contributed by atoms with van der Waals surface area (Å²) in [7, 11) is 1.71. The van der Waals surface area contributed by atoms with Crippen molar-refractivity contribution in [1.82, 2.24) is 9.78 Å². The number of aromatic carboxylic acids is 1. The number of aliphatic hydroxyl groups excluding tert-OH is 1. The number of carbonyl (C=O) groups is 1. The molecule has 5 nitrogen and oxygen atoms in total. The highest BCUT2D eigenvalue weighted by atomic mass is 16.4. The van der Waals surface area contributed by atoms with Crippen molar-refractivity contribution >= 4 is 5.97 Å². The van der Waals surface area contributed by atoms with E-state index in [4.69, 9.17) is 10.2 Å². The Hall–Kier alpha value is -2.14. The van der Waals surface area contributed by atoms with Crippen LogP contribution in [0.2, 0.25) is 0 Å². The minimum Gasteiger partial charge on any atom is -0.476 e. The van der Waals surface area contributed by atoms with Crippen LogP contribution in [0.15, 0.2) is 30.3 Å². The van der Waals surface area contributed by atoms with Crippen LogP contribution < -0.4 is 0 Å². The van der Waals surface area contributed by atoms with Gasteiger partial charge >= 0.3 is 5.97 Å². The fraction of sp³-hybridized carbons (Fsp3) is 0.231. The van der Waals surface area contributed by atoms with E-state index in [9.17, 15) is 4.79 Å². The second-order valence-electron chi connectivity index (χ2n) is 4.01. The minimum absolute atomic E-state index is 0.0342. The summed E-state index contributed by atoms with van der Waals surface area (Å²) >= 11 is 0. The third-order valence-corrected chi connectivity index (χ3v) is 2.75. The van der Waals surface area contributed by atoms with Gasteiger partial charge in [0.1, 0.15) is 0 Å². The molecule has 1 aromatic heterocycles. The quantitative estimate of drug-likeness (QED) is 0.853. The molecule has 2 N–H and O–H groups in total. The van der Waals surface area contributed by atoms with Gasteiger partial charge in [0.2, 0.25) is 0 Å². The van der Waals surface area contributed by atoms with Crippen LogP contribution in [0.5, 0.6) is 0 Å². The number of aryl methyl sites for hydroxylation is 1. The van der Waals surface area contributed by atoms with E-state index in [-0.39, 0.29) is 12.3 Å².